The van der Waals surface area contributed by atoms with Gasteiger partial charge < -0.3 is 9.64 Å². The minimum Gasteiger partial charge on any atom is -0.431 e. The van der Waals surface area contributed by atoms with Crippen LogP contribution in [0, 0.1) is 11.6 Å². The molecule has 2 aromatic heterocycles. The summed E-state index contributed by atoms with van der Waals surface area (Å²) >= 11 is 6.34. The molecule has 1 aliphatic heterocycles. The zero-order valence-corrected chi connectivity index (χ0v) is 17.3. The van der Waals surface area contributed by atoms with Crippen molar-refractivity contribution in [2.75, 3.05) is 18.0 Å². The summed E-state index contributed by atoms with van der Waals surface area (Å²) < 4.78 is 97.1. The molecule has 0 aliphatic carbocycles. The number of anilines is 1. The summed E-state index contributed by atoms with van der Waals surface area (Å²) in [6.45, 7) is -2.80. The van der Waals surface area contributed by atoms with E-state index in [9.17, 15) is 30.7 Å². The third-order valence-corrected chi connectivity index (χ3v) is 5.69. The number of alkyl halides is 5. The van der Waals surface area contributed by atoms with E-state index in [4.69, 9.17) is 11.6 Å². The second-order valence-corrected chi connectivity index (χ2v) is 7.78. The Morgan fingerprint density at radius 2 is 1.76 bits per heavy atom. The van der Waals surface area contributed by atoms with Crippen LogP contribution in [-0.2, 0) is 6.42 Å². The molecule has 14 heteroatoms. The molecular formula is C19H15ClF7N5O. The maximum atomic E-state index is 14.4. The first-order chi connectivity index (χ1) is 15.5. The highest BCUT2D eigenvalue weighted by Crippen LogP contribution is 2.40. The average Bonchev–Trinajstić information content (AvgIpc) is 3.13. The van der Waals surface area contributed by atoms with E-state index in [1.165, 1.54) is 6.20 Å². The van der Waals surface area contributed by atoms with Crippen LogP contribution in [0.25, 0.3) is 5.65 Å². The van der Waals surface area contributed by atoms with Crippen molar-refractivity contribution in [3.8, 4) is 5.75 Å². The molecule has 0 atom stereocenters. The van der Waals surface area contributed by atoms with Gasteiger partial charge in [0.05, 0.1) is 11.9 Å². The van der Waals surface area contributed by atoms with Crippen molar-refractivity contribution in [2.24, 2.45) is 0 Å². The third kappa shape index (κ3) is 4.77. The van der Waals surface area contributed by atoms with Gasteiger partial charge in [0.2, 0.25) is 0 Å². The van der Waals surface area contributed by atoms with Crippen LogP contribution in [0.2, 0.25) is 5.02 Å². The standard InChI is InChI=1S/C19H15ClF7N5O/c20-15-12(8-28-32-13(7-19(25,26)27)29-30-17(15)32)31-5-3-9(4-6-31)14-10(21)1-2-11(22)16(14)33-18(23)24/h1-2,8-9,18H,3-7H2. The Hall–Kier alpha value is -2.83. The molecule has 0 N–H and O–H groups in total. The topological polar surface area (TPSA) is 55.6 Å². The van der Waals surface area contributed by atoms with Gasteiger partial charge in [-0.25, -0.2) is 8.78 Å². The molecule has 1 saturated heterocycles. The van der Waals surface area contributed by atoms with Gasteiger partial charge >= 0.3 is 12.8 Å². The van der Waals surface area contributed by atoms with Crippen molar-refractivity contribution in [3.05, 3.63) is 46.4 Å². The zero-order valence-electron chi connectivity index (χ0n) is 16.6. The van der Waals surface area contributed by atoms with Gasteiger partial charge in [0.15, 0.2) is 23.0 Å². The lowest BCUT2D eigenvalue weighted by atomic mass is 9.88. The fraction of sp³-hybridized carbons (Fsp3) is 0.421. The lowest BCUT2D eigenvalue weighted by Crippen LogP contribution is -2.34. The molecule has 3 heterocycles. The fourth-order valence-corrected chi connectivity index (χ4v) is 4.20. The van der Waals surface area contributed by atoms with Crippen LogP contribution in [0.5, 0.6) is 5.75 Å². The molecule has 1 aromatic carbocycles. The molecular weight excluding hydrogens is 483 g/mol. The Bertz CT molecular complexity index is 1160. The molecule has 0 spiro atoms. The van der Waals surface area contributed by atoms with E-state index in [0.717, 1.165) is 16.6 Å². The number of halogens is 8. The molecule has 3 aromatic rings. The predicted octanol–water partition coefficient (Wildman–Crippen LogP) is 5.15. The van der Waals surface area contributed by atoms with E-state index in [1.54, 1.807) is 4.90 Å². The molecule has 0 unspecified atom stereocenters. The number of fused-ring (bicyclic) bond motifs is 1. The second-order valence-electron chi connectivity index (χ2n) is 7.40. The molecule has 0 amide bonds. The molecule has 178 valence electrons. The van der Waals surface area contributed by atoms with Crippen molar-refractivity contribution in [3.63, 3.8) is 0 Å². The largest absolute Gasteiger partial charge is 0.431 e. The van der Waals surface area contributed by atoms with Crippen LogP contribution < -0.4 is 9.64 Å². The van der Waals surface area contributed by atoms with Gasteiger partial charge in [-0.1, -0.05) is 11.6 Å². The normalized spacial score (nSPS) is 15.6. The van der Waals surface area contributed by atoms with Gasteiger partial charge in [-0.3, -0.25) is 0 Å². The molecule has 33 heavy (non-hydrogen) atoms. The first-order valence-electron chi connectivity index (χ1n) is 9.68. The Morgan fingerprint density at radius 3 is 2.39 bits per heavy atom. The van der Waals surface area contributed by atoms with Crippen molar-refractivity contribution in [2.45, 2.75) is 38.0 Å². The van der Waals surface area contributed by atoms with E-state index in [-0.39, 0.29) is 42.2 Å². The molecule has 1 fully saturated rings. The van der Waals surface area contributed by atoms with Gasteiger partial charge in [-0.05, 0) is 30.9 Å². The Balaban J connectivity index is 1.56. The maximum Gasteiger partial charge on any atom is 0.396 e. The number of nitrogens with zero attached hydrogens (tertiary/aromatic N) is 5. The van der Waals surface area contributed by atoms with Gasteiger partial charge in [-0.2, -0.15) is 31.6 Å². The first kappa shape index (κ1) is 23.3. The summed E-state index contributed by atoms with van der Waals surface area (Å²) in [7, 11) is 0. The van der Waals surface area contributed by atoms with Crippen molar-refractivity contribution >= 4 is 22.9 Å². The molecule has 1 aliphatic rings. The van der Waals surface area contributed by atoms with E-state index in [2.05, 4.69) is 20.0 Å². The monoisotopic (exact) mass is 497 g/mol. The summed E-state index contributed by atoms with van der Waals surface area (Å²) in [4.78, 5) is 1.74. The number of hydrogen-bond donors (Lipinski definition) is 0. The van der Waals surface area contributed by atoms with Crippen LogP contribution in [0.4, 0.5) is 36.4 Å². The summed E-state index contributed by atoms with van der Waals surface area (Å²) in [5.74, 6) is -3.78. The highest BCUT2D eigenvalue weighted by atomic mass is 35.5. The van der Waals surface area contributed by atoms with Crippen molar-refractivity contribution < 1.29 is 35.5 Å². The summed E-state index contributed by atoms with van der Waals surface area (Å²) in [5.41, 5.74) is 0.0561. The van der Waals surface area contributed by atoms with Crippen LogP contribution in [0.1, 0.15) is 30.1 Å². The number of ether oxygens (including phenoxy) is 1. The quantitative estimate of drug-likeness (QED) is 0.457. The van der Waals surface area contributed by atoms with E-state index in [1.807, 2.05) is 0 Å². The Labute approximate surface area is 186 Å². The SMILES string of the molecule is Fc1ccc(F)c(C2CCN(c3cnn4c(CC(F)(F)F)nnc4c3Cl)CC2)c1OC(F)F. The molecule has 4 rings (SSSR count). The minimum absolute atomic E-state index is 0.0306. The number of aromatic nitrogens is 4. The Morgan fingerprint density at radius 1 is 1.09 bits per heavy atom. The third-order valence-electron chi connectivity index (χ3n) is 5.33. The highest BCUT2D eigenvalue weighted by molar-refractivity contribution is 6.36. The number of piperidine rings is 1. The first-order valence-corrected chi connectivity index (χ1v) is 10.1. The van der Waals surface area contributed by atoms with E-state index < -0.39 is 48.3 Å². The van der Waals surface area contributed by atoms with E-state index in [0.29, 0.717) is 5.69 Å². The number of benzene rings is 1. The molecule has 0 saturated carbocycles. The van der Waals surface area contributed by atoms with Crippen LogP contribution in [0.3, 0.4) is 0 Å². The summed E-state index contributed by atoms with van der Waals surface area (Å²) in [6.07, 6.45) is -4.07. The van der Waals surface area contributed by atoms with Gasteiger partial charge in [0.25, 0.3) is 0 Å². The number of rotatable bonds is 5. The van der Waals surface area contributed by atoms with Crippen molar-refractivity contribution in [1.29, 1.82) is 0 Å². The Kier molecular flexibility index (Phi) is 6.25. The molecule has 6 nitrogen and oxygen atoms in total. The molecule has 0 bridgehead atoms. The highest BCUT2D eigenvalue weighted by Gasteiger charge is 2.33. The second kappa shape index (κ2) is 8.84. The fourth-order valence-electron chi connectivity index (χ4n) is 3.91. The minimum atomic E-state index is -4.50. The summed E-state index contributed by atoms with van der Waals surface area (Å²) in [5, 5.41) is 11.2. The van der Waals surface area contributed by atoms with Crippen LogP contribution in [0.15, 0.2) is 18.3 Å². The van der Waals surface area contributed by atoms with Gasteiger partial charge in [0, 0.05) is 18.7 Å². The summed E-state index contributed by atoms with van der Waals surface area (Å²) in [6, 6.07) is 1.58. The van der Waals surface area contributed by atoms with Crippen LogP contribution >= 0.6 is 11.6 Å². The van der Waals surface area contributed by atoms with Gasteiger partial charge in [0.1, 0.15) is 17.3 Å². The lowest BCUT2D eigenvalue weighted by molar-refractivity contribution is -0.128. The zero-order chi connectivity index (χ0) is 23.9. The maximum absolute atomic E-state index is 14.4. The smallest absolute Gasteiger partial charge is 0.396 e. The van der Waals surface area contributed by atoms with E-state index >= 15 is 0 Å². The predicted molar refractivity (Wildman–Crippen MR) is 103 cm³/mol. The lowest BCUT2D eigenvalue weighted by Gasteiger charge is -2.34. The average molecular weight is 498 g/mol. The molecule has 0 radical (unpaired) electrons. The number of hydrogen-bond acceptors (Lipinski definition) is 5. The van der Waals surface area contributed by atoms with Crippen molar-refractivity contribution in [1.82, 2.24) is 19.8 Å². The van der Waals surface area contributed by atoms with Crippen LogP contribution in [-0.4, -0.2) is 45.7 Å². The van der Waals surface area contributed by atoms with Gasteiger partial charge in [-0.15, -0.1) is 10.2 Å².